The third-order valence-electron chi connectivity index (χ3n) is 2.44. The summed E-state index contributed by atoms with van der Waals surface area (Å²) in [5, 5.41) is 0. The average Bonchev–Trinajstić information content (AvgIpc) is 2.10. The number of nitrogens with two attached hydrogens (primary N) is 1. The van der Waals surface area contributed by atoms with Crippen LogP contribution in [0, 0.1) is 11.3 Å². The van der Waals surface area contributed by atoms with Crippen LogP contribution in [-0.4, -0.2) is 19.1 Å². The standard InChI is InChI=1S/C12H25NO2/c1-9(8-12(2,3)4)6-7-10(13)11(14)15-5/h9-10H,6-8,13H2,1-5H3/t9-,10-/m0/s1. The summed E-state index contributed by atoms with van der Waals surface area (Å²) in [6.07, 6.45) is 2.85. The van der Waals surface area contributed by atoms with Gasteiger partial charge in [0.25, 0.3) is 0 Å². The molecule has 0 aliphatic rings. The van der Waals surface area contributed by atoms with Crippen LogP contribution in [0.25, 0.3) is 0 Å². The third-order valence-corrected chi connectivity index (χ3v) is 2.44. The molecule has 3 nitrogen and oxygen atoms in total. The molecule has 0 saturated carbocycles. The first-order valence-corrected chi connectivity index (χ1v) is 5.59. The minimum atomic E-state index is -0.461. The van der Waals surface area contributed by atoms with Crippen molar-refractivity contribution in [1.29, 1.82) is 0 Å². The van der Waals surface area contributed by atoms with Crippen LogP contribution in [0.3, 0.4) is 0 Å². The topological polar surface area (TPSA) is 52.3 Å². The first-order valence-electron chi connectivity index (χ1n) is 5.59. The lowest BCUT2D eigenvalue weighted by Crippen LogP contribution is -2.32. The van der Waals surface area contributed by atoms with E-state index in [0.717, 1.165) is 12.8 Å². The highest BCUT2D eigenvalue weighted by Gasteiger charge is 2.18. The van der Waals surface area contributed by atoms with Crippen molar-refractivity contribution in [3.63, 3.8) is 0 Å². The largest absolute Gasteiger partial charge is 0.468 e. The molecule has 0 bridgehead atoms. The molecule has 0 unspecified atom stereocenters. The Bertz CT molecular complexity index is 196. The molecule has 0 fully saturated rings. The molecule has 0 heterocycles. The van der Waals surface area contributed by atoms with E-state index >= 15 is 0 Å². The lowest BCUT2D eigenvalue weighted by molar-refractivity contribution is -0.142. The van der Waals surface area contributed by atoms with Crippen molar-refractivity contribution in [3.05, 3.63) is 0 Å². The molecule has 2 N–H and O–H groups in total. The Balaban J connectivity index is 3.81. The second-order valence-electron chi connectivity index (χ2n) is 5.58. The number of ether oxygens (including phenoxy) is 1. The summed E-state index contributed by atoms with van der Waals surface area (Å²) >= 11 is 0. The molecule has 0 aromatic heterocycles. The maximum absolute atomic E-state index is 11.1. The van der Waals surface area contributed by atoms with E-state index in [1.165, 1.54) is 7.11 Å². The van der Waals surface area contributed by atoms with Crippen molar-refractivity contribution in [2.75, 3.05) is 7.11 Å². The Labute approximate surface area is 93.4 Å². The van der Waals surface area contributed by atoms with Crippen molar-refractivity contribution in [1.82, 2.24) is 0 Å². The summed E-state index contributed by atoms with van der Waals surface area (Å²) in [7, 11) is 1.38. The Morgan fingerprint density at radius 1 is 1.33 bits per heavy atom. The quantitative estimate of drug-likeness (QED) is 0.716. The number of hydrogen-bond donors (Lipinski definition) is 1. The molecule has 0 aliphatic heterocycles. The van der Waals surface area contributed by atoms with Gasteiger partial charge in [-0.25, -0.2) is 0 Å². The molecular formula is C12H25NO2. The number of rotatable bonds is 5. The van der Waals surface area contributed by atoms with Crippen LogP contribution in [0.4, 0.5) is 0 Å². The summed E-state index contributed by atoms with van der Waals surface area (Å²) in [5.41, 5.74) is 6.01. The lowest BCUT2D eigenvalue weighted by Gasteiger charge is -2.23. The van der Waals surface area contributed by atoms with Crippen LogP contribution >= 0.6 is 0 Å². The average molecular weight is 215 g/mol. The Hall–Kier alpha value is -0.570. The van der Waals surface area contributed by atoms with Crippen LogP contribution in [0.2, 0.25) is 0 Å². The SMILES string of the molecule is COC(=O)[C@@H](N)CC[C@H](C)CC(C)(C)C. The van der Waals surface area contributed by atoms with Crippen LogP contribution in [-0.2, 0) is 9.53 Å². The summed E-state index contributed by atoms with van der Waals surface area (Å²) in [6, 6.07) is -0.461. The van der Waals surface area contributed by atoms with Crippen LogP contribution in [0.15, 0.2) is 0 Å². The second kappa shape index (κ2) is 6.11. The minimum Gasteiger partial charge on any atom is -0.468 e. The van der Waals surface area contributed by atoms with Gasteiger partial charge in [0.15, 0.2) is 0 Å². The zero-order valence-electron chi connectivity index (χ0n) is 10.7. The number of hydrogen-bond acceptors (Lipinski definition) is 3. The highest BCUT2D eigenvalue weighted by molar-refractivity contribution is 5.75. The molecule has 15 heavy (non-hydrogen) atoms. The molecule has 0 radical (unpaired) electrons. The number of carbonyl (C=O) groups is 1. The lowest BCUT2D eigenvalue weighted by atomic mass is 9.83. The van der Waals surface area contributed by atoms with Crippen LogP contribution in [0.5, 0.6) is 0 Å². The smallest absolute Gasteiger partial charge is 0.322 e. The maximum atomic E-state index is 11.1. The van der Waals surface area contributed by atoms with E-state index < -0.39 is 6.04 Å². The molecule has 0 amide bonds. The minimum absolute atomic E-state index is 0.307. The van der Waals surface area contributed by atoms with Gasteiger partial charge in [-0.05, 0) is 30.6 Å². The van der Waals surface area contributed by atoms with Crippen molar-refractivity contribution in [2.45, 2.75) is 53.0 Å². The molecule has 0 saturated heterocycles. The Kier molecular flexibility index (Phi) is 5.88. The predicted octanol–water partition coefficient (Wildman–Crippen LogP) is 2.34. The molecule has 90 valence electrons. The van der Waals surface area contributed by atoms with Gasteiger partial charge in [0.05, 0.1) is 7.11 Å². The highest BCUT2D eigenvalue weighted by atomic mass is 16.5. The van der Waals surface area contributed by atoms with E-state index in [4.69, 9.17) is 5.73 Å². The second-order valence-corrected chi connectivity index (χ2v) is 5.58. The Morgan fingerprint density at radius 2 is 1.87 bits per heavy atom. The number of carbonyl (C=O) groups excluding carboxylic acids is 1. The molecule has 3 heteroatoms. The fraction of sp³-hybridized carbons (Fsp3) is 0.917. The van der Waals surface area contributed by atoms with Gasteiger partial charge in [0, 0.05) is 0 Å². The predicted molar refractivity (Wildman–Crippen MR) is 62.5 cm³/mol. The van der Waals surface area contributed by atoms with E-state index in [2.05, 4.69) is 32.4 Å². The van der Waals surface area contributed by atoms with E-state index in [1.54, 1.807) is 0 Å². The first-order chi connectivity index (χ1) is 6.76. The van der Waals surface area contributed by atoms with Crippen molar-refractivity contribution in [3.8, 4) is 0 Å². The van der Waals surface area contributed by atoms with Gasteiger partial charge < -0.3 is 10.5 Å². The van der Waals surface area contributed by atoms with Gasteiger partial charge in [0.1, 0.15) is 6.04 Å². The molecule has 2 atom stereocenters. The zero-order chi connectivity index (χ0) is 12.1. The van der Waals surface area contributed by atoms with Gasteiger partial charge in [0.2, 0.25) is 0 Å². The van der Waals surface area contributed by atoms with Gasteiger partial charge in [-0.2, -0.15) is 0 Å². The number of esters is 1. The fourth-order valence-corrected chi connectivity index (χ4v) is 1.88. The van der Waals surface area contributed by atoms with Gasteiger partial charge in [-0.1, -0.05) is 27.7 Å². The van der Waals surface area contributed by atoms with Crippen molar-refractivity contribution < 1.29 is 9.53 Å². The van der Waals surface area contributed by atoms with E-state index in [-0.39, 0.29) is 5.97 Å². The monoisotopic (exact) mass is 215 g/mol. The van der Waals surface area contributed by atoms with Crippen molar-refractivity contribution >= 4 is 5.97 Å². The van der Waals surface area contributed by atoms with Gasteiger partial charge in [-0.15, -0.1) is 0 Å². The molecule has 0 rings (SSSR count). The molecule has 0 aromatic rings. The maximum Gasteiger partial charge on any atom is 0.322 e. The Morgan fingerprint density at radius 3 is 2.27 bits per heavy atom. The van der Waals surface area contributed by atoms with E-state index in [1.807, 2.05) is 0 Å². The number of methoxy groups -OCH3 is 1. The van der Waals surface area contributed by atoms with Gasteiger partial charge >= 0.3 is 5.97 Å². The first kappa shape index (κ1) is 14.4. The fourth-order valence-electron chi connectivity index (χ4n) is 1.88. The molecule has 0 aliphatic carbocycles. The summed E-state index contributed by atoms with van der Waals surface area (Å²) < 4.78 is 4.58. The van der Waals surface area contributed by atoms with E-state index in [0.29, 0.717) is 17.8 Å². The normalized spacial score (nSPS) is 15.9. The summed E-state index contributed by atoms with van der Waals surface area (Å²) in [4.78, 5) is 11.1. The van der Waals surface area contributed by atoms with E-state index in [9.17, 15) is 4.79 Å². The van der Waals surface area contributed by atoms with Crippen LogP contribution < -0.4 is 5.73 Å². The summed E-state index contributed by atoms with van der Waals surface area (Å²) in [5.74, 6) is 0.290. The summed E-state index contributed by atoms with van der Waals surface area (Å²) in [6.45, 7) is 8.88. The molecule has 0 aromatic carbocycles. The molecular weight excluding hydrogens is 190 g/mol. The highest BCUT2D eigenvalue weighted by Crippen LogP contribution is 2.26. The zero-order valence-corrected chi connectivity index (χ0v) is 10.7. The molecule has 0 spiro atoms. The third kappa shape index (κ3) is 7.37. The van der Waals surface area contributed by atoms with Gasteiger partial charge in [-0.3, -0.25) is 4.79 Å². The van der Waals surface area contributed by atoms with Crippen LogP contribution in [0.1, 0.15) is 47.0 Å². The van der Waals surface area contributed by atoms with Crippen molar-refractivity contribution in [2.24, 2.45) is 17.1 Å².